The average molecular weight is 293 g/mol. The molecule has 0 aliphatic heterocycles. The van der Waals surface area contributed by atoms with Crippen LogP contribution in [-0.4, -0.2) is 31.4 Å². The Hall–Kier alpha value is 0.320. The first-order chi connectivity index (χ1) is 6.81. The van der Waals surface area contributed by atoms with Crippen LogP contribution in [0.15, 0.2) is 0 Å². The molecular formula is C9H22Cl2N2O2S. The fraction of sp³-hybridized carbons (Fsp3) is 0.889. The van der Waals surface area contributed by atoms with Gasteiger partial charge in [-0.05, 0) is 25.8 Å². The molecule has 7 heteroatoms. The fourth-order valence-electron chi connectivity index (χ4n) is 0.872. The molecule has 0 unspecified atom stereocenters. The summed E-state index contributed by atoms with van der Waals surface area (Å²) in [7, 11) is 0. The molecule has 100 valence electrons. The van der Waals surface area contributed by atoms with E-state index in [0.717, 1.165) is 25.0 Å². The number of unbranched alkanes of at least 4 members (excludes halogenated alkanes) is 2. The lowest BCUT2D eigenvalue weighted by Crippen LogP contribution is -2.20. The van der Waals surface area contributed by atoms with E-state index >= 15 is 0 Å². The first-order valence-corrected chi connectivity index (χ1v) is 6.00. The van der Waals surface area contributed by atoms with Crippen LogP contribution in [-0.2, 0) is 9.53 Å². The van der Waals surface area contributed by atoms with Gasteiger partial charge in [0.05, 0.1) is 6.61 Å². The Morgan fingerprint density at radius 3 is 2.56 bits per heavy atom. The molecule has 0 aliphatic rings. The van der Waals surface area contributed by atoms with Gasteiger partial charge >= 0.3 is 5.97 Å². The Labute approximate surface area is 114 Å². The number of rotatable bonds is 9. The SMILES string of the molecule is CCSNCC(=O)OCCCCCN.Cl.Cl. The molecule has 0 fully saturated rings. The van der Waals surface area contributed by atoms with E-state index in [1.165, 1.54) is 11.9 Å². The Kier molecular flexibility index (Phi) is 23.9. The van der Waals surface area contributed by atoms with Gasteiger partial charge in [-0.3, -0.25) is 9.52 Å². The average Bonchev–Trinajstić information content (AvgIpc) is 2.18. The molecule has 0 radical (unpaired) electrons. The van der Waals surface area contributed by atoms with Crippen molar-refractivity contribution in [1.29, 1.82) is 0 Å². The third-order valence-electron chi connectivity index (χ3n) is 1.57. The summed E-state index contributed by atoms with van der Waals surface area (Å²) < 4.78 is 7.89. The molecule has 0 saturated carbocycles. The summed E-state index contributed by atoms with van der Waals surface area (Å²) in [6, 6.07) is 0. The molecule has 4 nitrogen and oxygen atoms in total. The van der Waals surface area contributed by atoms with Crippen molar-refractivity contribution in [2.24, 2.45) is 5.73 Å². The lowest BCUT2D eigenvalue weighted by Gasteiger charge is -2.04. The van der Waals surface area contributed by atoms with Crippen LogP contribution in [0.2, 0.25) is 0 Å². The molecule has 0 aromatic rings. The predicted octanol–water partition coefficient (Wildman–Crippen LogP) is 1.76. The number of ether oxygens (including phenoxy) is 1. The standard InChI is InChI=1S/C9H20N2O2S.2ClH/c1-2-14-11-8-9(12)13-7-5-3-4-6-10;;/h11H,2-8,10H2,1H3;2*1H. The molecule has 0 aromatic carbocycles. The second-order valence-electron chi connectivity index (χ2n) is 2.82. The van der Waals surface area contributed by atoms with E-state index in [1.807, 2.05) is 6.92 Å². The van der Waals surface area contributed by atoms with Crippen molar-refractivity contribution < 1.29 is 9.53 Å². The van der Waals surface area contributed by atoms with E-state index < -0.39 is 0 Å². The normalized spacial score (nSPS) is 8.88. The zero-order valence-corrected chi connectivity index (χ0v) is 12.0. The molecule has 0 heterocycles. The number of esters is 1. The van der Waals surface area contributed by atoms with Crippen molar-refractivity contribution in [3.05, 3.63) is 0 Å². The van der Waals surface area contributed by atoms with Gasteiger partial charge in [0.15, 0.2) is 0 Å². The van der Waals surface area contributed by atoms with Gasteiger partial charge < -0.3 is 10.5 Å². The molecule has 0 aliphatic carbocycles. The molecule has 0 saturated heterocycles. The minimum atomic E-state index is -0.182. The van der Waals surface area contributed by atoms with Crippen molar-refractivity contribution in [2.45, 2.75) is 26.2 Å². The molecule has 0 bridgehead atoms. The van der Waals surface area contributed by atoms with E-state index in [4.69, 9.17) is 10.5 Å². The summed E-state index contributed by atoms with van der Waals surface area (Å²) in [5, 5.41) is 0. The second kappa shape index (κ2) is 17.7. The maximum absolute atomic E-state index is 11.0. The summed E-state index contributed by atoms with van der Waals surface area (Å²) in [5.41, 5.74) is 5.33. The minimum Gasteiger partial charge on any atom is -0.465 e. The molecule has 0 aromatic heterocycles. The van der Waals surface area contributed by atoms with E-state index in [9.17, 15) is 4.79 Å². The van der Waals surface area contributed by atoms with E-state index in [2.05, 4.69) is 4.72 Å². The number of nitrogens with two attached hydrogens (primary N) is 1. The maximum atomic E-state index is 11.0. The van der Waals surface area contributed by atoms with Crippen LogP contribution in [0.25, 0.3) is 0 Å². The highest BCUT2D eigenvalue weighted by Gasteiger charge is 2.00. The summed E-state index contributed by atoms with van der Waals surface area (Å²) >= 11 is 1.52. The fourth-order valence-corrected chi connectivity index (χ4v) is 1.30. The van der Waals surface area contributed by atoms with Crippen LogP contribution < -0.4 is 10.5 Å². The molecule has 3 N–H and O–H groups in total. The van der Waals surface area contributed by atoms with Crippen LogP contribution in [0.1, 0.15) is 26.2 Å². The lowest BCUT2D eigenvalue weighted by atomic mass is 10.2. The smallest absolute Gasteiger partial charge is 0.320 e. The molecule has 0 rings (SSSR count). The van der Waals surface area contributed by atoms with Gasteiger partial charge in [-0.2, -0.15) is 0 Å². The summed E-state index contributed by atoms with van der Waals surface area (Å²) in [6.07, 6.45) is 2.94. The Bertz CT molecular complexity index is 153. The van der Waals surface area contributed by atoms with Crippen LogP contribution in [0, 0.1) is 0 Å². The van der Waals surface area contributed by atoms with Gasteiger partial charge in [-0.25, -0.2) is 0 Å². The van der Waals surface area contributed by atoms with Crippen LogP contribution in [0.4, 0.5) is 0 Å². The minimum absolute atomic E-state index is 0. The second-order valence-corrected chi connectivity index (χ2v) is 3.98. The Balaban J connectivity index is -0.000000845. The molecule has 0 amide bonds. The molecule has 16 heavy (non-hydrogen) atoms. The molecule has 0 atom stereocenters. The van der Waals surface area contributed by atoms with Crippen molar-refractivity contribution in [3.63, 3.8) is 0 Å². The zero-order valence-electron chi connectivity index (χ0n) is 9.57. The highest BCUT2D eigenvalue weighted by atomic mass is 35.5. The predicted molar refractivity (Wildman–Crippen MR) is 74.5 cm³/mol. The largest absolute Gasteiger partial charge is 0.465 e. The molecule has 0 spiro atoms. The maximum Gasteiger partial charge on any atom is 0.320 e. The quantitative estimate of drug-likeness (QED) is 0.385. The lowest BCUT2D eigenvalue weighted by molar-refractivity contribution is -0.142. The highest BCUT2D eigenvalue weighted by molar-refractivity contribution is 7.97. The summed E-state index contributed by atoms with van der Waals surface area (Å²) in [5.74, 6) is 0.766. The van der Waals surface area contributed by atoms with Gasteiger partial charge in [0.2, 0.25) is 0 Å². The monoisotopic (exact) mass is 292 g/mol. The third kappa shape index (κ3) is 16.7. The van der Waals surface area contributed by atoms with Crippen LogP contribution in [0.5, 0.6) is 0 Å². The number of nitrogens with one attached hydrogen (secondary N) is 1. The summed E-state index contributed by atoms with van der Waals surface area (Å²) in [4.78, 5) is 11.0. The van der Waals surface area contributed by atoms with Crippen molar-refractivity contribution >= 4 is 42.7 Å². The van der Waals surface area contributed by atoms with Gasteiger partial charge in [-0.1, -0.05) is 18.9 Å². The van der Waals surface area contributed by atoms with Gasteiger partial charge in [0.25, 0.3) is 0 Å². The Morgan fingerprint density at radius 2 is 2.00 bits per heavy atom. The van der Waals surface area contributed by atoms with Gasteiger partial charge in [0.1, 0.15) is 6.54 Å². The molecular weight excluding hydrogens is 271 g/mol. The highest BCUT2D eigenvalue weighted by Crippen LogP contribution is 1.95. The van der Waals surface area contributed by atoms with Gasteiger partial charge in [0, 0.05) is 5.75 Å². The number of hydrogen-bond donors (Lipinski definition) is 2. The van der Waals surface area contributed by atoms with Crippen LogP contribution >= 0.6 is 36.8 Å². The van der Waals surface area contributed by atoms with E-state index in [1.54, 1.807) is 0 Å². The van der Waals surface area contributed by atoms with E-state index in [-0.39, 0.29) is 37.3 Å². The topological polar surface area (TPSA) is 64.3 Å². The van der Waals surface area contributed by atoms with Crippen molar-refractivity contribution in [1.82, 2.24) is 4.72 Å². The van der Waals surface area contributed by atoms with E-state index in [0.29, 0.717) is 13.2 Å². The summed E-state index contributed by atoms with van der Waals surface area (Å²) in [6.45, 7) is 3.53. The third-order valence-corrected chi connectivity index (χ3v) is 2.21. The number of carbonyl (C=O) groups is 1. The van der Waals surface area contributed by atoms with Crippen molar-refractivity contribution in [3.8, 4) is 0 Å². The Morgan fingerprint density at radius 1 is 1.31 bits per heavy atom. The zero-order chi connectivity index (χ0) is 10.6. The number of hydrogen-bond acceptors (Lipinski definition) is 5. The van der Waals surface area contributed by atoms with Gasteiger partial charge in [-0.15, -0.1) is 24.8 Å². The first-order valence-electron chi connectivity index (χ1n) is 5.01. The van der Waals surface area contributed by atoms with Crippen LogP contribution in [0.3, 0.4) is 0 Å². The first kappa shape index (κ1) is 21.6. The number of carbonyl (C=O) groups excluding carboxylic acids is 1. The van der Waals surface area contributed by atoms with Crippen molar-refractivity contribution in [2.75, 3.05) is 25.4 Å². The number of halogens is 2.